The Hall–Kier alpha value is -4.97. The zero-order valence-corrected chi connectivity index (χ0v) is 28.8. The maximum Gasteiger partial charge on any atom is 0.337 e. The molecule has 0 unspecified atom stereocenters. The van der Waals surface area contributed by atoms with Crippen LogP contribution in [0.5, 0.6) is 0 Å². The van der Waals surface area contributed by atoms with Crippen molar-refractivity contribution >= 4 is 38.5 Å². The van der Waals surface area contributed by atoms with Crippen molar-refractivity contribution < 1.29 is 35.5 Å². The van der Waals surface area contributed by atoms with Gasteiger partial charge in [0.05, 0.1) is 28.8 Å². The van der Waals surface area contributed by atoms with Gasteiger partial charge in [-0.1, -0.05) is 72.3 Å². The summed E-state index contributed by atoms with van der Waals surface area (Å²) in [5, 5.41) is 0.427. The summed E-state index contributed by atoms with van der Waals surface area (Å²) in [6, 6.07) is 26.1. The van der Waals surface area contributed by atoms with Gasteiger partial charge in [-0.3, -0.25) is 4.90 Å². The van der Waals surface area contributed by atoms with Crippen molar-refractivity contribution in [3.05, 3.63) is 137 Å². The number of methoxy groups -OCH3 is 1. The molecule has 0 radical (unpaired) electrons. The monoisotopic (exact) mass is 732 g/mol. The summed E-state index contributed by atoms with van der Waals surface area (Å²) in [6.45, 7) is 0.188. The Morgan fingerprint density at radius 2 is 1.57 bits per heavy atom. The van der Waals surface area contributed by atoms with E-state index in [1.807, 2.05) is 4.90 Å². The zero-order chi connectivity index (χ0) is 36.2. The molecule has 51 heavy (non-hydrogen) atoms. The zero-order valence-electron chi connectivity index (χ0n) is 27.2. The number of carbonyl (C=O) groups excluding carboxylic acids is 1. The number of carbonyl (C=O) groups is 1. The molecule has 0 saturated carbocycles. The van der Waals surface area contributed by atoms with Crippen LogP contribution in [-0.2, 0) is 20.4 Å². The molecule has 0 amide bonds. The average molecular weight is 733 g/mol. The van der Waals surface area contributed by atoms with Crippen LogP contribution in [-0.4, -0.2) is 50.5 Å². The molecule has 0 bridgehead atoms. The van der Waals surface area contributed by atoms with E-state index in [2.05, 4.69) is 0 Å². The van der Waals surface area contributed by atoms with Crippen molar-refractivity contribution in [2.75, 3.05) is 27.2 Å². The maximum atomic E-state index is 16.6. The first kappa shape index (κ1) is 34.5. The maximum absolute atomic E-state index is 16.6. The van der Waals surface area contributed by atoms with Crippen LogP contribution in [0.25, 0.3) is 44.4 Å². The lowest BCUT2D eigenvalue weighted by molar-refractivity contribution is -0.0190. The fraction of sp³-hybridized carbons (Fsp3) is 0.154. The van der Waals surface area contributed by atoms with Crippen molar-refractivity contribution in [1.29, 1.82) is 0 Å². The third-order valence-corrected chi connectivity index (χ3v) is 11.2. The molecule has 0 atom stereocenters. The van der Waals surface area contributed by atoms with Gasteiger partial charge < -0.3 is 4.74 Å². The predicted molar refractivity (Wildman–Crippen MR) is 189 cm³/mol. The minimum absolute atomic E-state index is 0.0939. The number of rotatable bonds is 8. The highest BCUT2D eigenvalue weighted by Crippen LogP contribution is 2.48. The first-order valence-corrected chi connectivity index (χ1v) is 17.6. The van der Waals surface area contributed by atoms with Crippen LogP contribution in [0.4, 0.5) is 17.6 Å². The molecule has 1 aliphatic heterocycles. The molecular formula is C39H29ClF4N2O4S. The Morgan fingerprint density at radius 3 is 2.24 bits per heavy atom. The first-order chi connectivity index (χ1) is 24.3. The van der Waals surface area contributed by atoms with Gasteiger partial charge in [-0.15, -0.1) is 0 Å². The Morgan fingerprint density at radius 1 is 0.863 bits per heavy atom. The van der Waals surface area contributed by atoms with E-state index < -0.39 is 33.9 Å². The highest BCUT2D eigenvalue weighted by molar-refractivity contribution is 7.90. The van der Waals surface area contributed by atoms with E-state index in [0.29, 0.717) is 27.8 Å². The SMILES string of the molecule is COC(=O)c1ccc(-c2cccc(-c3c(-c4ccccc4C4(F)CN(C)C4)c4cc(F)ccc4n3S(=O)(=O)c3ccc(C(F)F)cc3)c2)c(Cl)c1. The second-order valence-corrected chi connectivity index (χ2v) is 14.7. The van der Waals surface area contributed by atoms with Gasteiger partial charge in [-0.2, -0.15) is 0 Å². The molecule has 12 heteroatoms. The second-order valence-electron chi connectivity index (χ2n) is 12.5. The van der Waals surface area contributed by atoms with E-state index in [9.17, 15) is 22.0 Å². The highest BCUT2D eigenvalue weighted by Gasteiger charge is 2.45. The topological polar surface area (TPSA) is 68.6 Å². The number of hydrogen-bond acceptors (Lipinski definition) is 5. The van der Waals surface area contributed by atoms with E-state index in [-0.39, 0.29) is 56.3 Å². The number of esters is 1. The van der Waals surface area contributed by atoms with Gasteiger partial charge in [0.25, 0.3) is 16.4 Å². The smallest absolute Gasteiger partial charge is 0.337 e. The molecule has 6 nitrogen and oxygen atoms in total. The van der Waals surface area contributed by atoms with E-state index in [4.69, 9.17) is 16.3 Å². The predicted octanol–water partition coefficient (Wildman–Crippen LogP) is 9.51. The van der Waals surface area contributed by atoms with Crippen LogP contribution in [0.2, 0.25) is 5.02 Å². The van der Waals surface area contributed by atoms with Crippen LogP contribution in [0.1, 0.15) is 27.9 Å². The molecule has 0 N–H and O–H groups in total. The van der Waals surface area contributed by atoms with Crippen LogP contribution >= 0.6 is 11.6 Å². The van der Waals surface area contributed by atoms with Gasteiger partial charge in [0.1, 0.15) is 5.82 Å². The number of aromatic nitrogens is 1. The number of hydrogen-bond donors (Lipinski definition) is 0. The number of nitrogens with zero attached hydrogens (tertiary/aromatic N) is 2. The van der Waals surface area contributed by atoms with Crippen LogP contribution in [0.15, 0.2) is 114 Å². The quantitative estimate of drug-likeness (QED) is 0.115. The van der Waals surface area contributed by atoms with E-state index in [0.717, 1.165) is 34.3 Å². The molecule has 0 aliphatic carbocycles. The van der Waals surface area contributed by atoms with Gasteiger partial charge >= 0.3 is 5.97 Å². The minimum atomic E-state index is -4.57. The molecule has 260 valence electrons. The summed E-state index contributed by atoms with van der Waals surface area (Å²) in [7, 11) is -1.53. The minimum Gasteiger partial charge on any atom is -0.465 e. The molecule has 5 aromatic carbocycles. The second kappa shape index (κ2) is 13.0. The van der Waals surface area contributed by atoms with E-state index in [1.54, 1.807) is 67.7 Å². The molecule has 1 fully saturated rings. The van der Waals surface area contributed by atoms with Crippen LogP contribution < -0.4 is 0 Å². The lowest BCUT2D eigenvalue weighted by atomic mass is 9.82. The summed E-state index contributed by atoms with van der Waals surface area (Å²) >= 11 is 6.65. The van der Waals surface area contributed by atoms with Gasteiger partial charge in [0.15, 0.2) is 5.67 Å². The van der Waals surface area contributed by atoms with Crippen molar-refractivity contribution in [3.63, 3.8) is 0 Å². The summed E-state index contributed by atoms with van der Waals surface area (Å²) in [6.07, 6.45) is -2.81. The molecule has 1 aromatic heterocycles. The largest absolute Gasteiger partial charge is 0.465 e. The van der Waals surface area contributed by atoms with Gasteiger partial charge in [-0.25, -0.2) is 34.7 Å². The third-order valence-electron chi connectivity index (χ3n) is 9.11. The summed E-state index contributed by atoms with van der Waals surface area (Å²) in [5.74, 6) is -1.22. The van der Waals surface area contributed by atoms with Crippen molar-refractivity contribution in [1.82, 2.24) is 8.87 Å². The van der Waals surface area contributed by atoms with E-state index >= 15 is 8.78 Å². The number of benzene rings is 5. The Balaban J connectivity index is 1.55. The summed E-state index contributed by atoms with van der Waals surface area (Å²) in [4.78, 5) is 13.7. The van der Waals surface area contributed by atoms with Crippen molar-refractivity contribution in [3.8, 4) is 33.5 Å². The summed E-state index contributed by atoms with van der Waals surface area (Å²) < 4.78 is 94.0. The van der Waals surface area contributed by atoms with Crippen molar-refractivity contribution in [2.24, 2.45) is 0 Å². The Kier molecular flexibility index (Phi) is 8.77. The Labute approximate surface area is 296 Å². The molecule has 2 heterocycles. The fourth-order valence-electron chi connectivity index (χ4n) is 6.81. The fourth-order valence-corrected chi connectivity index (χ4v) is 8.65. The van der Waals surface area contributed by atoms with Crippen LogP contribution in [0, 0.1) is 5.82 Å². The standard InChI is InChI=1S/C39H29ClF4N2O4S/c1-45-21-39(44,22-45)32-9-4-3-8-30(32)35-31-20-27(41)13-17-34(31)46(51(48,49)28-14-10-23(11-15-28)37(42)43)36(35)25-7-5-6-24(18-25)29-16-12-26(19-33(29)40)38(47)50-2/h3-20,37H,21-22H2,1-2H3. The molecular weight excluding hydrogens is 704 g/mol. The molecule has 1 saturated heterocycles. The van der Waals surface area contributed by atoms with Gasteiger partial charge in [-0.05, 0) is 72.3 Å². The van der Waals surface area contributed by atoms with Gasteiger partial charge in [0.2, 0.25) is 0 Å². The lowest BCUT2D eigenvalue weighted by Gasteiger charge is -2.43. The highest BCUT2D eigenvalue weighted by atomic mass is 35.5. The third kappa shape index (κ3) is 5.98. The van der Waals surface area contributed by atoms with Crippen LogP contribution in [0.3, 0.4) is 0 Å². The first-order valence-electron chi connectivity index (χ1n) is 15.8. The lowest BCUT2D eigenvalue weighted by Crippen LogP contribution is -2.54. The van der Waals surface area contributed by atoms with Gasteiger partial charge in [0, 0.05) is 45.8 Å². The number of fused-ring (bicyclic) bond motifs is 1. The van der Waals surface area contributed by atoms with Crippen molar-refractivity contribution in [2.45, 2.75) is 17.0 Å². The van der Waals surface area contributed by atoms with E-state index in [1.165, 1.54) is 25.3 Å². The number of alkyl halides is 3. The summed E-state index contributed by atoms with van der Waals surface area (Å²) in [5.41, 5.74) is 0.669. The average Bonchev–Trinajstić information content (AvgIpc) is 3.45. The number of halogens is 5. The number of likely N-dealkylation sites (N-methyl/N-ethyl adjacent to an activating group) is 1. The molecule has 7 rings (SSSR count). The molecule has 0 spiro atoms. The molecule has 6 aromatic rings. The number of ether oxygens (including phenoxy) is 1. The Bertz CT molecular complexity index is 2440. The molecule has 1 aliphatic rings. The normalized spacial score (nSPS) is 14.5. The number of likely N-dealkylation sites (tertiary alicyclic amines) is 1.